The van der Waals surface area contributed by atoms with Crippen molar-refractivity contribution in [2.45, 2.75) is 37.2 Å². The number of hydrogen-bond acceptors (Lipinski definition) is 8. The monoisotopic (exact) mass is 393 g/mol. The molecule has 136 valence electrons. The van der Waals surface area contributed by atoms with Crippen molar-refractivity contribution in [1.82, 2.24) is 30.4 Å². The number of aromatic nitrogens is 6. The van der Waals surface area contributed by atoms with Crippen molar-refractivity contribution in [3.05, 3.63) is 40.1 Å². The van der Waals surface area contributed by atoms with Crippen molar-refractivity contribution in [2.24, 2.45) is 0 Å². The zero-order valence-electron chi connectivity index (χ0n) is 14.3. The number of hydrogen-bond donors (Lipinski definition) is 1. The summed E-state index contributed by atoms with van der Waals surface area (Å²) in [4.78, 5) is 12.2. The SMILES string of the molecule is CC(C)(C)n1nnnc1SCc1nnc(C(=O)Nc2ccc(F)cc2)s1. The van der Waals surface area contributed by atoms with Crippen LogP contribution in [0.4, 0.5) is 10.1 Å². The standard InChI is InChI=1S/C15H16FN7OS2/c1-15(2,3)23-14(20-21-22-23)25-8-11-18-19-13(26-11)12(24)17-10-6-4-9(16)5-7-10/h4-7H,8H2,1-3H3,(H,17,24). The smallest absolute Gasteiger partial charge is 0.286 e. The molecule has 0 spiro atoms. The molecule has 0 aliphatic rings. The number of carbonyl (C=O) groups excluding carboxylic acids is 1. The molecule has 26 heavy (non-hydrogen) atoms. The van der Waals surface area contributed by atoms with Crippen molar-refractivity contribution < 1.29 is 9.18 Å². The maximum atomic E-state index is 12.9. The first-order valence-electron chi connectivity index (χ1n) is 7.64. The van der Waals surface area contributed by atoms with E-state index in [0.29, 0.717) is 21.6 Å². The van der Waals surface area contributed by atoms with Crippen LogP contribution >= 0.6 is 23.1 Å². The summed E-state index contributed by atoms with van der Waals surface area (Å²) in [6.45, 7) is 6.03. The predicted molar refractivity (Wildman–Crippen MR) is 96.6 cm³/mol. The van der Waals surface area contributed by atoms with E-state index in [2.05, 4.69) is 31.0 Å². The van der Waals surface area contributed by atoms with E-state index >= 15 is 0 Å². The van der Waals surface area contributed by atoms with Crippen LogP contribution < -0.4 is 5.32 Å². The van der Waals surface area contributed by atoms with E-state index < -0.39 is 0 Å². The molecule has 0 fully saturated rings. The van der Waals surface area contributed by atoms with Crippen LogP contribution in [0.15, 0.2) is 29.4 Å². The zero-order valence-corrected chi connectivity index (χ0v) is 15.9. The number of amides is 1. The molecule has 0 unspecified atom stereocenters. The molecule has 2 aromatic heterocycles. The van der Waals surface area contributed by atoms with Crippen LogP contribution in [0, 0.1) is 5.82 Å². The number of benzene rings is 1. The average Bonchev–Trinajstić information content (AvgIpc) is 3.23. The van der Waals surface area contributed by atoms with Crippen LogP contribution in [0.3, 0.4) is 0 Å². The van der Waals surface area contributed by atoms with Crippen LogP contribution in [0.5, 0.6) is 0 Å². The number of rotatable bonds is 5. The van der Waals surface area contributed by atoms with Crippen LogP contribution in [-0.4, -0.2) is 36.3 Å². The second-order valence-corrected chi connectivity index (χ2v) is 8.30. The summed E-state index contributed by atoms with van der Waals surface area (Å²) < 4.78 is 14.6. The van der Waals surface area contributed by atoms with Gasteiger partial charge >= 0.3 is 0 Å². The van der Waals surface area contributed by atoms with Gasteiger partial charge < -0.3 is 5.32 Å². The first-order valence-corrected chi connectivity index (χ1v) is 9.44. The minimum Gasteiger partial charge on any atom is -0.320 e. The number of nitrogens with one attached hydrogen (secondary N) is 1. The molecule has 3 rings (SSSR count). The van der Waals surface area contributed by atoms with Crippen LogP contribution in [0.25, 0.3) is 0 Å². The Morgan fingerprint density at radius 3 is 2.65 bits per heavy atom. The van der Waals surface area contributed by atoms with Crippen LogP contribution in [-0.2, 0) is 11.3 Å². The summed E-state index contributed by atoms with van der Waals surface area (Å²) in [6, 6.07) is 5.52. The molecule has 8 nitrogen and oxygen atoms in total. The Labute approximate surface area is 157 Å². The third kappa shape index (κ3) is 4.41. The third-order valence-electron chi connectivity index (χ3n) is 3.16. The second kappa shape index (κ2) is 7.46. The van der Waals surface area contributed by atoms with E-state index in [9.17, 15) is 9.18 Å². The van der Waals surface area contributed by atoms with Crippen molar-refractivity contribution >= 4 is 34.7 Å². The molecule has 0 aliphatic heterocycles. The van der Waals surface area contributed by atoms with E-state index in [4.69, 9.17) is 0 Å². The van der Waals surface area contributed by atoms with Gasteiger partial charge in [0.2, 0.25) is 10.2 Å². The van der Waals surface area contributed by atoms with Crippen LogP contribution in [0.1, 0.15) is 35.6 Å². The highest BCUT2D eigenvalue weighted by Crippen LogP contribution is 2.26. The highest BCUT2D eigenvalue weighted by Gasteiger charge is 2.21. The number of thioether (sulfide) groups is 1. The van der Waals surface area contributed by atoms with Gasteiger partial charge in [0, 0.05) is 5.69 Å². The lowest BCUT2D eigenvalue weighted by atomic mass is 10.1. The molecule has 1 aromatic carbocycles. The number of nitrogens with zero attached hydrogens (tertiary/aromatic N) is 6. The first kappa shape index (κ1) is 18.4. The molecule has 0 aliphatic carbocycles. The zero-order chi connectivity index (χ0) is 18.7. The van der Waals surface area contributed by atoms with Gasteiger partial charge in [-0.05, 0) is 55.5 Å². The maximum Gasteiger partial charge on any atom is 0.286 e. The predicted octanol–water partition coefficient (Wildman–Crippen LogP) is 2.96. The highest BCUT2D eigenvalue weighted by atomic mass is 32.2. The summed E-state index contributed by atoms with van der Waals surface area (Å²) in [6.07, 6.45) is 0. The summed E-state index contributed by atoms with van der Waals surface area (Å²) in [5.74, 6) is -0.251. The number of tetrazole rings is 1. The van der Waals surface area contributed by atoms with Gasteiger partial charge in [0.15, 0.2) is 0 Å². The van der Waals surface area contributed by atoms with Crippen molar-refractivity contribution in [2.75, 3.05) is 5.32 Å². The fourth-order valence-corrected chi connectivity index (χ4v) is 3.72. The molecule has 1 amide bonds. The fourth-order valence-electron chi connectivity index (χ4n) is 1.94. The summed E-state index contributed by atoms with van der Waals surface area (Å²) in [7, 11) is 0. The fraction of sp³-hybridized carbons (Fsp3) is 0.333. The Kier molecular flexibility index (Phi) is 5.28. The topological polar surface area (TPSA) is 98.5 Å². The number of carbonyl (C=O) groups is 1. The summed E-state index contributed by atoms with van der Waals surface area (Å²) in [5, 5.41) is 23.9. The molecule has 0 bridgehead atoms. The normalized spacial score (nSPS) is 11.5. The quantitative estimate of drug-likeness (QED) is 0.665. The van der Waals surface area contributed by atoms with Crippen LogP contribution in [0.2, 0.25) is 0 Å². The Morgan fingerprint density at radius 1 is 1.23 bits per heavy atom. The average molecular weight is 393 g/mol. The van der Waals surface area contributed by atoms with Crippen molar-refractivity contribution in [3.63, 3.8) is 0 Å². The first-order chi connectivity index (χ1) is 12.3. The lowest BCUT2D eigenvalue weighted by Gasteiger charge is -2.19. The van der Waals surface area contributed by atoms with E-state index in [1.165, 1.54) is 47.4 Å². The minimum atomic E-state index is -0.384. The Morgan fingerprint density at radius 2 is 1.96 bits per heavy atom. The second-order valence-electron chi connectivity index (χ2n) is 6.29. The lowest BCUT2D eigenvalue weighted by molar-refractivity contribution is 0.102. The highest BCUT2D eigenvalue weighted by molar-refractivity contribution is 7.98. The van der Waals surface area contributed by atoms with E-state index in [1.807, 2.05) is 20.8 Å². The van der Waals surface area contributed by atoms with Crippen molar-refractivity contribution in [3.8, 4) is 0 Å². The molecular weight excluding hydrogens is 377 g/mol. The molecule has 2 heterocycles. The third-order valence-corrected chi connectivity index (χ3v) is 5.20. The van der Waals surface area contributed by atoms with Gasteiger partial charge in [-0.15, -0.1) is 15.3 Å². The Hall–Kier alpha value is -2.40. The molecule has 0 atom stereocenters. The summed E-state index contributed by atoms with van der Waals surface area (Å²) >= 11 is 2.62. The van der Waals surface area contributed by atoms with Gasteiger partial charge in [0.25, 0.3) is 5.91 Å². The molecule has 0 saturated heterocycles. The number of halogens is 1. The van der Waals surface area contributed by atoms with Gasteiger partial charge in [0.05, 0.1) is 11.3 Å². The molecule has 0 radical (unpaired) electrons. The maximum absolute atomic E-state index is 12.9. The molecule has 3 aromatic rings. The number of anilines is 1. The van der Waals surface area contributed by atoms with Gasteiger partial charge in [-0.3, -0.25) is 4.79 Å². The molecule has 1 N–H and O–H groups in total. The largest absolute Gasteiger partial charge is 0.320 e. The van der Waals surface area contributed by atoms with Gasteiger partial charge in [-0.2, -0.15) is 0 Å². The summed E-state index contributed by atoms with van der Waals surface area (Å²) in [5.41, 5.74) is 0.263. The van der Waals surface area contributed by atoms with E-state index in [1.54, 1.807) is 4.68 Å². The van der Waals surface area contributed by atoms with Crippen molar-refractivity contribution in [1.29, 1.82) is 0 Å². The molecule has 11 heteroatoms. The Bertz CT molecular complexity index is 901. The Balaban J connectivity index is 1.62. The van der Waals surface area contributed by atoms with Gasteiger partial charge in [-0.1, -0.05) is 23.1 Å². The van der Waals surface area contributed by atoms with Gasteiger partial charge in [-0.25, -0.2) is 9.07 Å². The lowest BCUT2D eigenvalue weighted by Crippen LogP contribution is -2.24. The minimum absolute atomic E-state index is 0.229. The molecule has 0 saturated carbocycles. The van der Waals surface area contributed by atoms with E-state index in [0.717, 1.165) is 0 Å². The van der Waals surface area contributed by atoms with Gasteiger partial charge in [0.1, 0.15) is 10.8 Å². The van der Waals surface area contributed by atoms with E-state index in [-0.39, 0.29) is 22.3 Å². The molecular formula is C15H16FN7OS2.